The smallest absolute Gasteiger partial charge is 0.325 e. The molecule has 96 valence electrons. The number of hydrogen-bond donors (Lipinski definition) is 1. The molecule has 0 aromatic heterocycles. The van der Waals surface area contributed by atoms with Gasteiger partial charge in [-0.15, -0.1) is 6.58 Å². The van der Waals surface area contributed by atoms with Crippen LogP contribution in [0.3, 0.4) is 0 Å². The number of hydrogen-bond acceptors (Lipinski definition) is 2. The molecular formula is C15H19NO2. The van der Waals surface area contributed by atoms with E-state index >= 15 is 0 Å². The molecule has 2 rings (SSSR count). The van der Waals surface area contributed by atoms with E-state index in [1.807, 2.05) is 30.3 Å². The van der Waals surface area contributed by atoms with Crippen molar-refractivity contribution < 1.29 is 9.90 Å². The minimum Gasteiger partial charge on any atom is -0.480 e. The van der Waals surface area contributed by atoms with Crippen molar-refractivity contribution in [2.24, 2.45) is 0 Å². The van der Waals surface area contributed by atoms with Crippen molar-refractivity contribution in [3.8, 4) is 0 Å². The molecule has 1 aliphatic rings. The van der Waals surface area contributed by atoms with Crippen LogP contribution in [-0.4, -0.2) is 29.1 Å². The Bertz CT molecular complexity index is 442. The average Bonchev–Trinajstić information content (AvgIpc) is 2.38. The van der Waals surface area contributed by atoms with E-state index in [1.165, 1.54) is 5.56 Å². The zero-order valence-corrected chi connectivity index (χ0v) is 10.5. The van der Waals surface area contributed by atoms with Gasteiger partial charge in [-0.05, 0) is 36.9 Å². The first-order valence-corrected chi connectivity index (χ1v) is 6.39. The highest BCUT2D eigenvalue weighted by molar-refractivity contribution is 5.76. The van der Waals surface area contributed by atoms with Crippen molar-refractivity contribution in [1.29, 1.82) is 0 Å². The maximum atomic E-state index is 11.5. The Morgan fingerprint density at radius 3 is 3.00 bits per heavy atom. The van der Waals surface area contributed by atoms with Gasteiger partial charge in [0, 0.05) is 6.54 Å². The number of carboxylic acid groups (broad SMARTS) is 1. The molecule has 18 heavy (non-hydrogen) atoms. The summed E-state index contributed by atoms with van der Waals surface area (Å²) in [5.74, 6) is -0.749. The predicted molar refractivity (Wildman–Crippen MR) is 71.5 cm³/mol. The fraction of sp³-hybridized carbons (Fsp3) is 0.400. The van der Waals surface area contributed by atoms with Gasteiger partial charge >= 0.3 is 5.97 Å². The lowest BCUT2D eigenvalue weighted by Gasteiger charge is -2.34. The predicted octanol–water partition coefficient (Wildman–Crippen LogP) is 2.64. The second-order valence-electron chi connectivity index (χ2n) is 4.66. The molecule has 0 fully saturated rings. The fourth-order valence-corrected chi connectivity index (χ4v) is 2.59. The number of rotatable bonds is 5. The van der Waals surface area contributed by atoms with Gasteiger partial charge < -0.3 is 5.11 Å². The van der Waals surface area contributed by atoms with E-state index in [0.29, 0.717) is 0 Å². The molecule has 1 aromatic carbocycles. The van der Waals surface area contributed by atoms with Crippen molar-refractivity contribution >= 4 is 5.97 Å². The molecule has 1 atom stereocenters. The molecule has 0 bridgehead atoms. The number of benzene rings is 1. The Labute approximate surface area is 108 Å². The summed E-state index contributed by atoms with van der Waals surface area (Å²) in [6.07, 6.45) is 4.72. The summed E-state index contributed by atoms with van der Waals surface area (Å²) in [5, 5.41) is 9.45. The minimum absolute atomic E-state index is 0.486. The molecule has 1 N–H and O–H groups in total. The Morgan fingerprint density at radius 2 is 2.28 bits per heavy atom. The molecule has 1 aliphatic heterocycles. The van der Waals surface area contributed by atoms with Crippen LogP contribution in [0.25, 0.3) is 0 Å². The van der Waals surface area contributed by atoms with Crippen molar-refractivity contribution in [3.05, 3.63) is 48.0 Å². The quantitative estimate of drug-likeness (QED) is 0.640. The molecule has 1 unspecified atom stereocenters. The summed E-state index contributed by atoms with van der Waals surface area (Å²) in [6, 6.07) is 7.38. The summed E-state index contributed by atoms with van der Waals surface area (Å²) in [4.78, 5) is 13.6. The third-order valence-corrected chi connectivity index (χ3v) is 3.47. The highest BCUT2D eigenvalue weighted by atomic mass is 16.4. The molecule has 0 saturated carbocycles. The molecule has 1 heterocycles. The number of fused-ring (bicyclic) bond motifs is 1. The minimum atomic E-state index is -0.749. The monoisotopic (exact) mass is 245 g/mol. The van der Waals surface area contributed by atoms with Crippen molar-refractivity contribution in [2.75, 3.05) is 13.1 Å². The Hall–Kier alpha value is -1.61. The van der Waals surface area contributed by atoms with Crippen molar-refractivity contribution in [2.45, 2.75) is 25.3 Å². The van der Waals surface area contributed by atoms with Crippen LogP contribution < -0.4 is 0 Å². The summed E-state index contributed by atoms with van der Waals surface area (Å²) in [6.45, 7) is 5.34. The zero-order valence-electron chi connectivity index (χ0n) is 10.5. The molecule has 0 amide bonds. The van der Waals surface area contributed by atoms with E-state index in [2.05, 4.69) is 11.5 Å². The third-order valence-electron chi connectivity index (χ3n) is 3.47. The van der Waals surface area contributed by atoms with Crippen LogP contribution in [0.4, 0.5) is 0 Å². The van der Waals surface area contributed by atoms with E-state index in [9.17, 15) is 9.90 Å². The van der Waals surface area contributed by atoms with Gasteiger partial charge in [0.1, 0.15) is 6.04 Å². The SMILES string of the molecule is C=CCCCN1CCc2ccccc2C1C(=O)O. The first-order valence-electron chi connectivity index (χ1n) is 6.39. The first-order chi connectivity index (χ1) is 8.74. The largest absolute Gasteiger partial charge is 0.480 e. The van der Waals surface area contributed by atoms with E-state index in [1.54, 1.807) is 0 Å². The van der Waals surface area contributed by atoms with Crippen LogP contribution in [0.1, 0.15) is 30.0 Å². The lowest BCUT2D eigenvalue weighted by atomic mass is 9.92. The zero-order chi connectivity index (χ0) is 13.0. The normalized spacial score (nSPS) is 19.2. The van der Waals surface area contributed by atoms with Gasteiger partial charge in [0.25, 0.3) is 0 Å². The Morgan fingerprint density at radius 1 is 1.50 bits per heavy atom. The van der Waals surface area contributed by atoms with Crippen LogP contribution in [0.2, 0.25) is 0 Å². The second kappa shape index (κ2) is 5.83. The van der Waals surface area contributed by atoms with Crippen LogP contribution in [0, 0.1) is 0 Å². The van der Waals surface area contributed by atoms with Crippen molar-refractivity contribution in [3.63, 3.8) is 0 Å². The summed E-state index contributed by atoms with van der Waals surface area (Å²) in [7, 11) is 0. The third kappa shape index (κ3) is 2.62. The van der Waals surface area contributed by atoms with Crippen molar-refractivity contribution in [1.82, 2.24) is 4.90 Å². The molecule has 0 saturated heterocycles. The van der Waals surface area contributed by atoms with E-state index in [0.717, 1.165) is 37.9 Å². The van der Waals surface area contributed by atoms with Gasteiger partial charge in [0.2, 0.25) is 0 Å². The van der Waals surface area contributed by atoms with Gasteiger partial charge in [0.15, 0.2) is 0 Å². The van der Waals surface area contributed by atoms with Crippen LogP contribution in [0.15, 0.2) is 36.9 Å². The number of carbonyl (C=O) groups is 1. The van der Waals surface area contributed by atoms with Gasteiger partial charge in [-0.1, -0.05) is 30.3 Å². The van der Waals surface area contributed by atoms with Gasteiger partial charge in [-0.2, -0.15) is 0 Å². The topological polar surface area (TPSA) is 40.5 Å². The maximum Gasteiger partial charge on any atom is 0.325 e. The van der Waals surface area contributed by atoms with E-state index in [4.69, 9.17) is 0 Å². The summed E-state index contributed by atoms with van der Waals surface area (Å²) >= 11 is 0. The first kappa shape index (κ1) is 12.8. The standard InChI is InChI=1S/C15H19NO2/c1-2-3-6-10-16-11-9-12-7-4-5-8-13(12)14(16)15(17)18/h2,4-5,7-8,14H,1,3,6,9-11H2,(H,17,18). The number of nitrogens with zero attached hydrogens (tertiary/aromatic N) is 1. The maximum absolute atomic E-state index is 11.5. The highest BCUT2D eigenvalue weighted by Gasteiger charge is 2.31. The molecule has 3 nitrogen and oxygen atoms in total. The molecule has 0 radical (unpaired) electrons. The molecular weight excluding hydrogens is 226 g/mol. The van der Waals surface area contributed by atoms with E-state index < -0.39 is 12.0 Å². The number of unbranched alkanes of at least 4 members (excludes halogenated alkanes) is 1. The summed E-state index contributed by atoms with van der Waals surface area (Å²) < 4.78 is 0. The number of allylic oxidation sites excluding steroid dienone is 1. The Kier molecular flexibility index (Phi) is 4.15. The lowest BCUT2D eigenvalue weighted by Crippen LogP contribution is -2.40. The van der Waals surface area contributed by atoms with Crippen LogP contribution >= 0.6 is 0 Å². The second-order valence-corrected chi connectivity index (χ2v) is 4.66. The highest BCUT2D eigenvalue weighted by Crippen LogP contribution is 2.29. The summed E-state index contributed by atoms with van der Waals surface area (Å²) in [5.41, 5.74) is 2.12. The Balaban J connectivity index is 2.19. The number of aliphatic carboxylic acids is 1. The molecule has 0 spiro atoms. The fourth-order valence-electron chi connectivity index (χ4n) is 2.59. The van der Waals surface area contributed by atoms with Crippen LogP contribution in [-0.2, 0) is 11.2 Å². The number of carboxylic acids is 1. The van der Waals surface area contributed by atoms with Gasteiger partial charge in [-0.25, -0.2) is 0 Å². The molecule has 3 heteroatoms. The van der Waals surface area contributed by atoms with E-state index in [-0.39, 0.29) is 0 Å². The van der Waals surface area contributed by atoms with Crippen LogP contribution in [0.5, 0.6) is 0 Å². The molecule has 0 aliphatic carbocycles. The average molecular weight is 245 g/mol. The lowest BCUT2D eigenvalue weighted by molar-refractivity contribution is -0.144. The van der Waals surface area contributed by atoms with Gasteiger partial charge in [0.05, 0.1) is 0 Å². The van der Waals surface area contributed by atoms with Gasteiger partial charge in [-0.3, -0.25) is 9.69 Å². The molecule has 1 aromatic rings.